The normalized spacial score (nSPS) is 15.6. The molecule has 0 atom stereocenters. The summed E-state index contributed by atoms with van der Waals surface area (Å²) in [5.41, 5.74) is 0. The summed E-state index contributed by atoms with van der Waals surface area (Å²) >= 11 is 0. The lowest BCUT2D eigenvalue weighted by Crippen LogP contribution is -1.85. The quantitative estimate of drug-likeness (QED) is 0.555. The van der Waals surface area contributed by atoms with Crippen molar-refractivity contribution in [2.24, 2.45) is 0 Å². The number of aliphatic hydroxyl groups excluding tert-OH is 1. The van der Waals surface area contributed by atoms with Gasteiger partial charge in [-0.15, -0.1) is 0 Å². The zero-order valence-corrected chi connectivity index (χ0v) is 7.34. The number of hydrogen-bond acceptors (Lipinski definition) is 3. The molecule has 0 radical (unpaired) electrons. The Kier molecular flexibility index (Phi) is 6.81. The topological polar surface area (TPSA) is 20.2 Å². The Morgan fingerprint density at radius 2 is 2.11 bits per heavy atom. The minimum atomic E-state index is -0.167. The van der Waals surface area contributed by atoms with E-state index in [1.54, 1.807) is 13.8 Å². The van der Waals surface area contributed by atoms with E-state index < -0.39 is 0 Å². The summed E-state index contributed by atoms with van der Waals surface area (Å²) in [6.45, 7) is 3.44. The van der Waals surface area contributed by atoms with Crippen LogP contribution in [-0.2, 0) is 0 Å². The molecule has 1 heterocycles. The maximum absolute atomic E-state index is 8.06. The third-order valence-electron chi connectivity index (χ3n) is 0.384. The van der Waals surface area contributed by atoms with Crippen LogP contribution in [0.25, 0.3) is 0 Å². The minimum Gasteiger partial charge on any atom is -0.394 e. The molecule has 0 amide bonds. The molecule has 3 heteroatoms. The predicted molar refractivity (Wildman–Crippen MR) is 46.5 cm³/mol. The van der Waals surface area contributed by atoms with Crippen LogP contribution in [0.15, 0.2) is 11.5 Å². The van der Waals surface area contributed by atoms with Crippen LogP contribution in [0.4, 0.5) is 0 Å². The van der Waals surface area contributed by atoms with E-state index in [0.29, 0.717) is 0 Å². The highest BCUT2D eigenvalue weighted by atomic mass is 33.1. The van der Waals surface area contributed by atoms with E-state index in [9.17, 15) is 0 Å². The van der Waals surface area contributed by atoms with Crippen molar-refractivity contribution in [2.75, 3.05) is 5.75 Å². The van der Waals surface area contributed by atoms with Gasteiger partial charge in [0.25, 0.3) is 0 Å². The molecule has 0 bridgehead atoms. The molecule has 0 spiro atoms. The lowest BCUT2D eigenvalue weighted by Gasteiger charge is -1.80. The van der Waals surface area contributed by atoms with E-state index in [1.807, 2.05) is 21.6 Å². The summed E-state index contributed by atoms with van der Waals surface area (Å²) in [4.78, 5) is 0. The molecule has 0 aromatic carbocycles. The third kappa shape index (κ3) is 11.8. The molecule has 9 heavy (non-hydrogen) atoms. The molecule has 0 saturated carbocycles. The second kappa shape index (κ2) is 6.52. The molecule has 1 aliphatic heterocycles. The van der Waals surface area contributed by atoms with E-state index in [4.69, 9.17) is 5.11 Å². The van der Waals surface area contributed by atoms with Gasteiger partial charge in [0.05, 0.1) is 0 Å². The second-order valence-electron chi connectivity index (χ2n) is 1.85. The zero-order chi connectivity index (χ0) is 7.11. The molecular formula is C6H12OS2. The minimum absolute atomic E-state index is 0.167. The van der Waals surface area contributed by atoms with Crippen LogP contribution in [0.2, 0.25) is 0 Å². The first kappa shape index (κ1) is 9.40. The van der Waals surface area contributed by atoms with Crippen molar-refractivity contribution in [1.29, 1.82) is 0 Å². The highest BCUT2D eigenvalue weighted by Gasteiger charge is 1.85. The van der Waals surface area contributed by atoms with Crippen LogP contribution < -0.4 is 0 Å². The van der Waals surface area contributed by atoms with Gasteiger partial charge in [-0.3, -0.25) is 0 Å². The second-order valence-corrected chi connectivity index (χ2v) is 4.16. The van der Waals surface area contributed by atoms with Gasteiger partial charge in [0, 0.05) is 11.9 Å². The maximum atomic E-state index is 8.06. The zero-order valence-electron chi connectivity index (χ0n) is 5.70. The van der Waals surface area contributed by atoms with Gasteiger partial charge < -0.3 is 5.11 Å². The molecule has 1 aliphatic rings. The SMILES string of the molecule is C1=CSSC1.CC(C)O. The summed E-state index contributed by atoms with van der Waals surface area (Å²) in [5, 5.41) is 10.2. The summed E-state index contributed by atoms with van der Waals surface area (Å²) in [7, 11) is 3.69. The lowest BCUT2D eigenvalue weighted by atomic mass is 10.5. The first-order valence-corrected chi connectivity index (χ1v) is 5.23. The number of hydrogen-bond donors (Lipinski definition) is 1. The van der Waals surface area contributed by atoms with Crippen molar-refractivity contribution in [3.05, 3.63) is 11.5 Å². The smallest absolute Gasteiger partial charge is 0.0483 e. The van der Waals surface area contributed by atoms with Gasteiger partial charge in [-0.1, -0.05) is 27.7 Å². The molecule has 0 aromatic rings. The van der Waals surface area contributed by atoms with Gasteiger partial charge >= 0.3 is 0 Å². The van der Waals surface area contributed by atoms with E-state index >= 15 is 0 Å². The Bertz CT molecular complexity index is 72.4. The maximum Gasteiger partial charge on any atom is 0.0483 e. The number of rotatable bonds is 0. The van der Waals surface area contributed by atoms with Crippen molar-refractivity contribution in [3.63, 3.8) is 0 Å². The summed E-state index contributed by atoms with van der Waals surface area (Å²) in [6.07, 6.45) is 2.00. The summed E-state index contributed by atoms with van der Waals surface area (Å²) < 4.78 is 0. The molecule has 0 fully saturated rings. The van der Waals surface area contributed by atoms with Gasteiger partial charge in [-0.05, 0) is 19.3 Å². The Morgan fingerprint density at radius 3 is 2.22 bits per heavy atom. The van der Waals surface area contributed by atoms with Gasteiger partial charge in [0.2, 0.25) is 0 Å². The Balaban J connectivity index is 0.000000148. The molecule has 1 N–H and O–H groups in total. The molecule has 0 unspecified atom stereocenters. The molecule has 0 aromatic heterocycles. The highest BCUT2D eigenvalue weighted by molar-refractivity contribution is 8.78. The van der Waals surface area contributed by atoms with E-state index in [-0.39, 0.29) is 6.10 Å². The Morgan fingerprint density at radius 1 is 1.56 bits per heavy atom. The van der Waals surface area contributed by atoms with E-state index in [1.165, 1.54) is 5.75 Å². The van der Waals surface area contributed by atoms with Crippen LogP contribution >= 0.6 is 21.6 Å². The largest absolute Gasteiger partial charge is 0.394 e. The van der Waals surface area contributed by atoms with Crippen molar-refractivity contribution in [3.8, 4) is 0 Å². The molecule has 0 aliphatic carbocycles. The molecular weight excluding hydrogens is 152 g/mol. The van der Waals surface area contributed by atoms with Gasteiger partial charge in [0.15, 0.2) is 0 Å². The van der Waals surface area contributed by atoms with E-state index in [0.717, 1.165) is 0 Å². The molecule has 0 saturated heterocycles. The van der Waals surface area contributed by atoms with Crippen LogP contribution in [0, 0.1) is 0 Å². The van der Waals surface area contributed by atoms with Crippen molar-refractivity contribution >= 4 is 21.6 Å². The fourth-order valence-corrected chi connectivity index (χ4v) is 1.77. The average molecular weight is 164 g/mol. The highest BCUT2D eigenvalue weighted by Crippen LogP contribution is 2.27. The number of aliphatic hydroxyl groups is 1. The monoisotopic (exact) mass is 164 g/mol. The van der Waals surface area contributed by atoms with Gasteiger partial charge in [0.1, 0.15) is 0 Å². The Hall–Kier alpha value is 0.400. The lowest BCUT2D eigenvalue weighted by molar-refractivity contribution is 0.216. The molecule has 54 valence electrons. The van der Waals surface area contributed by atoms with Crippen LogP contribution in [-0.4, -0.2) is 17.0 Å². The van der Waals surface area contributed by atoms with Gasteiger partial charge in [-0.25, -0.2) is 0 Å². The summed E-state index contributed by atoms with van der Waals surface area (Å²) in [6, 6.07) is 0. The molecule has 1 nitrogen and oxygen atoms in total. The average Bonchev–Trinajstić information content (AvgIpc) is 2.11. The van der Waals surface area contributed by atoms with Gasteiger partial charge in [-0.2, -0.15) is 0 Å². The first-order chi connectivity index (χ1) is 4.23. The van der Waals surface area contributed by atoms with Crippen LogP contribution in [0.3, 0.4) is 0 Å². The third-order valence-corrected chi connectivity index (χ3v) is 2.30. The first-order valence-electron chi connectivity index (χ1n) is 2.85. The van der Waals surface area contributed by atoms with Crippen molar-refractivity contribution < 1.29 is 5.11 Å². The predicted octanol–water partition coefficient (Wildman–Crippen LogP) is 2.28. The van der Waals surface area contributed by atoms with Crippen LogP contribution in [0.1, 0.15) is 13.8 Å². The van der Waals surface area contributed by atoms with E-state index in [2.05, 4.69) is 11.5 Å². The van der Waals surface area contributed by atoms with Crippen LogP contribution in [0.5, 0.6) is 0 Å². The van der Waals surface area contributed by atoms with Crippen molar-refractivity contribution in [1.82, 2.24) is 0 Å². The Labute approximate surface area is 64.3 Å². The summed E-state index contributed by atoms with van der Waals surface area (Å²) in [5.74, 6) is 1.20. The fraction of sp³-hybridized carbons (Fsp3) is 0.667. The van der Waals surface area contributed by atoms with Crippen molar-refractivity contribution in [2.45, 2.75) is 20.0 Å². The fourth-order valence-electron chi connectivity index (χ4n) is 0.196. The molecule has 1 rings (SSSR count). The standard InChI is InChI=1S/C3H8O.C3H4S2/c1-3(2)4;1-2-4-5-3-1/h3-4H,1-2H3;1-2H,3H2.